The molecule has 17 heavy (non-hydrogen) atoms. The zero-order valence-electron chi connectivity index (χ0n) is 8.55. The molecule has 102 valence electrons. The lowest BCUT2D eigenvalue weighted by Gasteiger charge is -2.27. The van der Waals surface area contributed by atoms with Crippen molar-refractivity contribution >= 4 is 20.8 Å². The Morgan fingerprint density at radius 3 is 2.35 bits per heavy atom. The van der Waals surface area contributed by atoms with E-state index in [2.05, 4.69) is 8.37 Å². The molecule has 2 atom stereocenters. The lowest BCUT2D eigenvalue weighted by Crippen LogP contribution is -2.35. The van der Waals surface area contributed by atoms with Crippen LogP contribution in [0.2, 0.25) is 0 Å². The third kappa shape index (κ3) is 6.88. The van der Waals surface area contributed by atoms with Gasteiger partial charge >= 0.3 is 20.8 Å². The molecule has 0 aromatic carbocycles. The summed E-state index contributed by atoms with van der Waals surface area (Å²) < 4.78 is 71.7. The number of rotatable bonds is 5. The first kappa shape index (κ1) is 14.8. The van der Waals surface area contributed by atoms with Crippen LogP contribution in [0.5, 0.6) is 0 Å². The number of ether oxygens (including phenoxy) is 1. The minimum atomic E-state index is -4.56. The summed E-state index contributed by atoms with van der Waals surface area (Å²) in [5.74, 6) is 0. The van der Waals surface area contributed by atoms with Crippen molar-refractivity contribution in [3.63, 3.8) is 0 Å². The summed E-state index contributed by atoms with van der Waals surface area (Å²) in [5.41, 5.74) is 0. The molecule has 1 saturated heterocycles. The second-order valence-corrected chi connectivity index (χ2v) is 5.51. The van der Waals surface area contributed by atoms with Gasteiger partial charge in [0.15, 0.2) is 0 Å². The lowest BCUT2D eigenvalue weighted by molar-refractivity contribution is -0.0538. The van der Waals surface area contributed by atoms with Gasteiger partial charge in [-0.05, 0) is 6.42 Å². The molecule has 1 heterocycles. The Morgan fingerprint density at radius 2 is 1.82 bits per heavy atom. The van der Waals surface area contributed by atoms with Crippen LogP contribution < -0.4 is 0 Å². The Balaban J connectivity index is 2.44. The van der Waals surface area contributed by atoms with Crippen molar-refractivity contribution < 1.29 is 39.0 Å². The van der Waals surface area contributed by atoms with Gasteiger partial charge in [0.2, 0.25) is 0 Å². The molecular weight excluding hydrogens is 280 g/mol. The smallest absolute Gasteiger partial charge is 0.376 e. The van der Waals surface area contributed by atoms with Crippen molar-refractivity contribution in [2.24, 2.45) is 0 Å². The first-order chi connectivity index (χ1) is 7.66. The van der Waals surface area contributed by atoms with Crippen LogP contribution in [0.25, 0.3) is 0 Å². The van der Waals surface area contributed by atoms with Crippen LogP contribution >= 0.6 is 0 Å². The maximum atomic E-state index is 10.4. The van der Waals surface area contributed by atoms with Crippen LogP contribution in [0.3, 0.4) is 0 Å². The Morgan fingerprint density at radius 1 is 1.18 bits per heavy atom. The number of hydrogen-bond acceptors (Lipinski definition) is 7. The van der Waals surface area contributed by atoms with E-state index in [0.717, 1.165) is 0 Å². The van der Waals surface area contributed by atoms with Crippen molar-refractivity contribution in [3.8, 4) is 0 Å². The fourth-order valence-corrected chi connectivity index (χ4v) is 2.23. The molecule has 0 amide bonds. The second kappa shape index (κ2) is 5.56. The first-order valence-corrected chi connectivity index (χ1v) is 7.28. The van der Waals surface area contributed by atoms with E-state index in [9.17, 15) is 16.8 Å². The van der Waals surface area contributed by atoms with Crippen LogP contribution in [0, 0.1) is 0 Å². The monoisotopic (exact) mass is 292 g/mol. The molecule has 1 fully saturated rings. The maximum absolute atomic E-state index is 10.4. The minimum Gasteiger partial charge on any atom is -0.376 e. The zero-order valence-corrected chi connectivity index (χ0v) is 10.2. The molecule has 0 spiro atoms. The zero-order chi connectivity index (χ0) is 13.1. The highest BCUT2D eigenvalue weighted by Crippen LogP contribution is 2.19. The third-order valence-electron chi connectivity index (χ3n) is 1.98. The predicted octanol–water partition coefficient (Wildman–Crippen LogP) is -0.827. The fraction of sp³-hybridized carbons (Fsp3) is 1.00. The summed E-state index contributed by atoms with van der Waals surface area (Å²) in [6, 6.07) is 0. The summed E-state index contributed by atoms with van der Waals surface area (Å²) in [4.78, 5) is 0. The first-order valence-electron chi connectivity index (χ1n) is 4.55. The summed E-state index contributed by atoms with van der Waals surface area (Å²) in [6.07, 6.45) is -1.29. The van der Waals surface area contributed by atoms with Crippen LogP contribution in [-0.4, -0.2) is 51.4 Å². The molecule has 1 rings (SSSR count). The predicted molar refractivity (Wildman–Crippen MR) is 52.9 cm³/mol. The molecule has 0 radical (unpaired) electrons. The van der Waals surface area contributed by atoms with Gasteiger partial charge in [0.05, 0.1) is 18.8 Å². The van der Waals surface area contributed by atoms with Crippen LogP contribution in [0.15, 0.2) is 0 Å². The Labute approximate surface area is 98.6 Å². The van der Waals surface area contributed by atoms with Crippen LogP contribution in [0.1, 0.15) is 12.8 Å². The second-order valence-electron chi connectivity index (χ2n) is 3.38. The molecular formula is C6H12O9S2. The van der Waals surface area contributed by atoms with Gasteiger partial charge in [0, 0.05) is 13.0 Å². The van der Waals surface area contributed by atoms with Crippen LogP contribution in [-0.2, 0) is 33.9 Å². The van der Waals surface area contributed by atoms with E-state index < -0.39 is 39.6 Å². The summed E-state index contributed by atoms with van der Waals surface area (Å²) >= 11 is 0. The van der Waals surface area contributed by atoms with Gasteiger partial charge in [-0.3, -0.25) is 9.11 Å². The standard InChI is InChI=1S/C6H12O9S2/c7-16(8,9)14-4-6-3-5(1-2-13-6)15-17(10,11)12/h5-6H,1-4H2,(H,7,8,9)(H,10,11,12)/t5-,6+/m1/s1. The van der Waals surface area contributed by atoms with Crippen molar-refractivity contribution in [3.05, 3.63) is 0 Å². The minimum absolute atomic E-state index is 0.0231. The van der Waals surface area contributed by atoms with Crippen molar-refractivity contribution in [2.45, 2.75) is 25.0 Å². The van der Waals surface area contributed by atoms with Gasteiger partial charge < -0.3 is 4.74 Å². The van der Waals surface area contributed by atoms with Crippen molar-refractivity contribution in [1.82, 2.24) is 0 Å². The highest BCUT2D eigenvalue weighted by atomic mass is 32.3. The van der Waals surface area contributed by atoms with E-state index in [1.165, 1.54) is 0 Å². The van der Waals surface area contributed by atoms with Gasteiger partial charge in [0.1, 0.15) is 0 Å². The molecule has 9 nitrogen and oxygen atoms in total. The van der Waals surface area contributed by atoms with Gasteiger partial charge in [-0.25, -0.2) is 8.37 Å². The van der Waals surface area contributed by atoms with Crippen molar-refractivity contribution in [1.29, 1.82) is 0 Å². The maximum Gasteiger partial charge on any atom is 0.397 e. The van der Waals surface area contributed by atoms with Gasteiger partial charge in [-0.1, -0.05) is 0 Å². The molecule has 0 unspecified atom stereocenters. The Bertz CT molecular complexity index is 438. The normalized spacial score (nSPS) is 26.9. The van der Waals surface area contributed by atoms with E-state index >= 15 is 0 Å². The highest BCUT2D eigenvalue weighted by molar-refractivity contribution is 7.81. The molecule has 2 N–H and O–H groups in total. The fourth-order valence-electron chi connectivity index (χ4n) is 1.38. The lowest BCUT2D eigenvalue weighted by atomic mass is 10.1. The summed E-state index contributed by atoms with van der Waals surface area (Å²) in [7, 11) is -9.12. The van der Waals surface area contributed by atoms with E-state index in [1.807, 2.05) is 0 Å². The molecule has 0 aliphatic carbocycles. The quantitative estimate of drug-likeness (QED) is 0.622. The van der Waals surface area contributed by atoms with E-state index in [-0.39, 0.29) is 19.4 Å². The van der Waals surface area contributed by atoms with Crippen molar-refractivity contribution in [2.75, 3.05) is 13.2 Å². The molecule has 0 saturated carbocycles. The summed E-state index contributed by atoms with van der Waals surface area (Å²) in [5, 5.41) is 0. The molecule has 1 aliphatic heterocycles. The third-order valence-corrected chi connectivity index (χ3v) is 2.93. The SMILES string of the molecule is O=S(=O)(O)OC[C@@H]1C[C@H](OS(=O)(=O)O)CCO1. The average Bonchev–Trinajstić information content (AvgIpc) is 2.11. The van der Waals surface area contributed by atoms with Gasteiger partial charge in [-0.2, -0.15) is 16.8 Å². The molecule has 0 aromatic heterocycles. The molecule has 0 bridgehead atoms. The van der Waals surface area contributed by atoms with E-state index in [4.69, 9.17) is 13.8 Å². The Kier molecular flexibility index (Phi) is 4.83. The Hall–Kier alpha value is -0.300. The van der Waals surface area contributed by atoms with Crippen LogP contribution in [0.4, 0.5) is 0 Å². The largest absolute Gasteiger partial charge is 0.397 e. The summed E-state index contributed by atoms with van der Waals surface area (Å²) in [6.45, 7) is -0.330. The van der Waals surface area contributed by atoms with Gasteiger partial charge in [0.25, 0.3) is 0 Å². The van der Waals surface area contributed by atoms with Gasteiger partial charge in [-0.15, -0.1) is 0 Å². The topological polar surface area (TPSA) is 136 Å². The van der Waals surface area contributed by atoms with E-state index in [1.54, 1.807) is 0 Å². The molecule has 11 heteroatoms. The molecule has 0 aromatic rings. The number of hydrogen-bond donors (Lipinski definition) is 2. The highest BCUT2D eigenvalue weighted by Gasteiger charge is 2.27. The molecule has 1 aliphatic rings. The average molecular weight is 292 g/mol. The van der Waals surface area contributed by atoms with E-state index in [0.29, 0.717) is 0 Å².